The zero-order valence-electron chi connectivity index (χ0n) is 15.3. The van der Waals surface area contributed by atoms with Crippen LogP contribution in [-0.2, 0) is 0 Å². The molecule has 9 heteroatoms. The molecule has 1 heterocycles. The monoisotopic (exact) mass is 511 g/mol. The third-order valence-electron chi connectivity index (χ3n) is 3.84. The van der Waals surface area contributed by atoms with Crippen molar-refractivity contribution in [3.05, 3.63) is 73.2 Å². The summed E-state index contributed by atoms with van der Waals surface area (Å²) in [6.07, 6.45) is 3.37. The largest absolute Gasteiger partial charge is 0.503 e. The highest BCUT2D eigenvalue weighted by molar-refractivity contribution is 9.10. The molecule has 1 N–H and O–H groups in total. The highest BCUT2D eigenvalue weighted by atomic mass is 79.9. The number of phenolic OH excluding ortho intramolecular Hbond substituents is 1. The van der Waals surface area contributed by atoms with Crippen molar-refractivity contribution in [2.24, 2.45) is 10.1 Å². The maximum atomic E-state index is 9.99. The fourth-order valence-corrected chi connectivity index (χ4v) is 4.30. The van der Waals surface area contributed by atoms with Gasteiger partial charge in [0.2, 0.25) is 4.80 Å². The van der Waals surface area contributed by atoms with Gasteiger partial charge in [-0.3, -0.25) is 4.99 Å². The summed E-state index contributed by atoms with van der Waals surface area (Å²) in [4.78, 5) is 5.19. The number of methoxy groups -OCH3 is 1. The van der Waals surface area contributed by atoms with Gasteiger partial charge in [0, 0.05) is 16.0 Å². The van der Waals surface area contributed by atoms with Crippen LogP contribution in [0.4, 0.5) is 0 Å². The first-order valence-electron chi connectivity index (χ1n) is 8.32. The third-order valence-corrected chi connectivity index (χ3v) is 5.85. The van der Waals surface area contributed by atoms with Crippen LogP contribution in [-0.4, -0.2) is 29.7 Å². The van der Waals surface area contributed by atoms with Gasteiger partial charge < -0.3 is 9.84 Å². The second-order valence-electron chi connectivity index (χ2n) is 5.77. The van der Waals surface area contributed by atoms with Crippen molar-refractivity contribution < 1.29 is 9.84 Å². The quantitative estimate of drug-likeness (QED) is 0.326. The normalized spacial score (nSPS) is 11.9. The van der Waals surface area contributed by atoms with E-state index in [0.717, 1.165) is 16.8 Å². The van der Waals surface area contributed by atoms with Crippen molar-refractivity contribution in [3.63, 3.8) is 0 Å². The van der Waals surface area contributed by atoms with Gasteiger partial charge in [0.1, 0.15) is 0 Å². The first kappa shape index (κ1) is 21.6. The maximum absolute atomic E-state index is 9.99. The maximum Gasteiger partial charge on any atom is 0.206 e. The molecule has 0 aliphatic carbocycles. The molecule has 0 fully saturated rings. The Hall–Kier alpha value is -2.06. The molecular weight excluding hydrogens is 497 g/mol. The lowest BCUT2D eigenvalue weighted by Crippen LogP contribution is -2.12. The van der Waals surface area contributed by atoms with Crippen LogP contribution in [0.2, 0.25) is 10.0 Å². The second-order valence-corrected chi connectivity index (χ2v) is 8.30. The number of halogens is 3. The first-order valence-corrected chi connectivity index (χ1v) is 10.8. The predicted octanol–water partition coefficient (Wildman–Crippen LogP) is 5.97. The average Bonchev–Trinajstić information content (AvgIpc) is 3.09. The molecule has 29 heavy (non-hydrogen) atoms. The number of nitrogens with zero attached hydrogens (tertiary/aromatic N) is 3. The van der Waals surface area contributed by atoms with E-state index in [9.17, 15) is 5.11 Å². The minimum Gasteiger partial charge on any atom is -0.503 e. The van der Waals surface area contributed by atoms with Gasteiger partial charge in [0.15, 0.2) is 11.5 Å². The Kier molecular flexibility index (Phi) is 7.18. The fraction of sp³-hybridized carbons (Fsp3) is 0.100. The van der Waals surface area contributed by atoms with E-state index >= 15 is 0 Å². The molecule has 0 saturated carbocycles. The van der Waals surface area contributed by atoms with Gasteiger partial charge in [-0.25, -0.2) is 4.68 Å². The summed E-state index contributed by atoms with van der Waals surface area (Å²) in [5.41, 5.74) is 2.29. The van der Waals surface area contributed by atoms with E-state index in [1.165, 1.54) is 18.4 Å². The molecule has 2 aromatic carbocycles. The summed E-state index contributed by atoms with van der Waals surface area (Å²) in [7, 11) is 1.49. The lowest BCUT2D eigenvalue weighted by molar-refractivity contribution is 0.372. The van der Waals surface area contributed by atoms with Gasteiger partial charge in [-0.05, 0) is 51.8 Å². The van der Waals surface area contributed by atoms with Gasteiger partial charge in [-0.15, -0.1) is 17.9 Å². The zero-order chi connectivity index (χ0) is 21.0. The van der Waals surface area contributed by atoms with E-state index in [-0.39, 0.29) is 5.75 Å². The number of aromatic nitrogens is 1. The van der Waals surface area contributed by atoms with E-state index in [1.807, 2.05) is 11.4 Å². The van der Waals surface area contributed by atoms with E-state index in [1.54, 1.807) is 41.2 Å². The Labute approximate surface area is 190 Å². The van der Waals surface area contributed by atoms with Gasteiger partial charge in [0.05, 0.1) is 35.1 Å². The van der Waals surface area contributed by atoms with Crippen molar-refractivity contribution in [2.75, 3.05) is 13.7 Å². The molecule has 0 spiro atoms. The summed E-state index contributed by atoms with van der Waals surface area (Å²) >= 11 is 17.2. The number of hydrogen-bond donors (Lipinski definition) is 1. The molecule has 0 saturated heterocycles. The number of aromatic hydroxyl groups is 1. The minimum atomic E-state index is 0.0307. The molecule has 3 rings (SSSR count). The summed E-state index contributed by atoms with van der Waals surface area (Å²) in [6, 6.07) is 8.73. The molecular formula is C20H16BrCl2N3O2S. The number of hydrogen-bond acceptors (Lipinski definition) is 5. The van der Waals surface area contributed by atoms with Gasteiger partial charge >= 0.3 is 0 Å². The van der Waals surface area contributed by atoms with Crippen molar-refractivity contribution in [1.29, 1.82) is 0 Å². The van der Waals surface area contributed by atoms with Crippen LogP contribution in [0.15, 0.2) is 62.9 Å². The third kappa shape index (κ3) is 4.93. The Morgan fingerprint density at radius 2 is 2.10 bits per heavy atom. The molecule has 0 unspecified atom stereocenters. The number of benzene rings is 2. The van der Waals surface area contributed by atoms with E-state index in [2.05, 4.69) is 32.6 Å². The molecule has 0 atom stereocenters. The van der Waals surface area contributed by atoms with Crippen LogP contribution in [0.25, 0.3) is 11.3 Å². The predicted molar refractivity (Wildman–Crippen MR) is 124 cm³/mol. The molecule has 0 amide bonds. The Morgan fingerprint density at radius 1 is 1.31 bits per heavy atom. The molecule has 0 radical (unpaired) electrons. The average molecular weight is 513 g/mol. The highest BCUT2D eigenvalue weighted by Gasteiger charge is 2.12. The number of phenols is 1. The number of rotatable bonds is 6. The molecule has 0 aliphatic heterocycles. The van der Waals surface area contributed by atoms with Crippen LogP contribution in [0.1, 0.15) is 5.56 Å². The summed E-state index contributed by atoms with van der Waals surface area (Å²) in [5, 5.41) is 17.6. The fourth-order valence-electron chi connectivity index (χ4n) is 2.49. The van der Waals surface area contributed by atoms with Gasteiger partial charge in [0.25, 0.3) is 0 Å². The molecule has 3 aromatic rings. The van der Waals surface area contributed by atoms with Crippen molar-refractivity contribution in [1.82, 2.24) is 4.68 Å². The van der Waals surface area contributed by atoms with Crippen LogP contribution in [0, 0.1) is 0 Å². The lowest BCUT2D eigenvalue weighted by atomic mass is 10.2. The van der Waals surface area contributed by atoms with Crippen LogP contribution >= 0.6 is 50.5 Å². The number of thiazole rings is 1. The minimum absolute atomic E-state index is 0.0307. The van der Waals surface area contributed by atoms with E-state index in [4.69, 9.17) is 27.9 Å². The zero-order valence-corrected chi connectivity index (χ0v) is 19.2. The van der Waals surface area contributed by atoms with Crippen LogP contribution < -0.4 is 9.54 Å². The lowest BCUT2D eigenvalue weighted by Gasteiger charge is -2.08. The van der Waals surface area contributed by atoms with E-state index < -0.39 is 0 Å². The Balaban J connectivity index is 2.12. The van der Waals surface area contributed by atoms with Crippen LogP contribution in [0.3, 0.4) is 0 Å². The summed E-state index contributed by atoms with van der Waals surface area (Å²) in [5.74, 6) is 0.372. The van der Waals surface area contributed by atoms with Gasteiger partial charge in [-0.2, -0.15) is 5.10 Å². The highest BCUT2D eigenvalue weighted by Crippen LogP contribution is 2.35. The summed E-state index contributed by atoms with van der Waals surface area (Å²) in [6.45, 7) is 4.17. The molecule has 150 valence electrons. The van der Waals surface area contributed by atoms with E-state index in [0.29, 0.717) is 31.6 Å². The number of ether oxygens (including phenoxy) is 1. The van der Waals surface area contributed by atoms with Crippen molar-refractivity contribution in [2.45, 2.75) is 0 Å². The topological polar surface area (TPSA) is 59.1 Å². The van der Waals surface area contributed by atoms with Gasteiger partial charge in [-0.1, -0.05) is 29.3 Å². The summed E-state index contributed by atoms with van der Waals surface area (Å²) < 4.78 is 7.40. The molecule has 5 nitrogen and oxygen atoms in total. The molecule has 0 aliphatic rings. The molecule has 0 bridgehead atoms. The standard InChI is InChI=1S/C20H16BrCl2N3O2S/c1-3-6-24-20-26(17(11-29-20)14-5-4-13(22)9-16(14)23)25-10-12-7-15(21)19(27)18(8-12)28-2/h3-5,7-11,27H,1,6H2,2H3. The first-order chi connectivity index (χ1) is 13.9. The second kappa shape index (κ2) is 9.63. The molecule has 1 aromatic heterocycles. The van der Waals surface area contributed by atoms with Crippen molar-refractivity contribution >= 4 is 56.7 Å². The SMILES string of the molecule is C=CCN=c1scc(-c2ccc(Cl)cc2Cl)n1N=Cc1cc(Br)c(O)c(OC)c1. The Morgan fingerprint density at radius 3 is 2.79 bits per heavy atom. The van der Waals surface area contributed by atoms with Crippen molar-refractivity contribution in [3.8, 4) is 22.8 Å². The smallest absolute Gasteiger partial charge is 0.206 e. The van der Waals surface area contributed by atoms with Crippen LogP contribution in [0.5, 0.6) is 11.5 Å². The Bertz CT molecular complexity index is 1160.